The van der Waals surface area contributed by atoms with Crippen LogP contribution in [0, 0.1) is 0 Å². The highest BCUT2D eigenvalue weighted by Gasteiger charge is 2.14. The van der Waals surface area contributed by atoms with Crippen LogP contribution in [0.2, 0.25) is 0 Å². The third-order valence-electron chi connectivity index (χ3n) is 10.0. The molecule has 0 atom stereocenters. The minimum absolute atomic E-state index is 0.122. The molecular formula is C48H94O7. The molecule has 0 saturated heterocycles. The number of allylic oxidation sites excluding steroid dienone is 2. The van der Waals surface area contributed by atoms with Crippen molar-refractivity contribution in [2.45, 2.75) is 234 Å². The molecule has 0 aliphatic rings. The molecular weight excluding hydrogens is 689 g/mol. The van der Waals surface area contributed by atoms with Crippen LogP contribution in [0.25, 0.3) is 0 Å². The molecule has 0 aliphatic carbocycles. The lowest BCUT2D eigenvalue weighted by Gasteiger charge is -2.19. The fraction of sp³-hybridized carbons (Fsp3) is 0.917. The minimum Gasteiger partial charge on any atom is -0.494 e. The van der Waals surface area contributed by atoms with E-state index in [9.17, 15) is 0 Å². The van der Waals surface area contributed by atoms with E-state index in [-0.39, 0.29) is 13.6 Å². The Labute approximate surface area is 342 Å². The van der Waals surface area contributed by atoms with Gasteiger partial charge < -0.3 is 33.2 Å². The van der Waals surface area contributed by atoms with Crippen LogP contribution in [0.15, 0.2) is 23.0 Å². The first-order valence-electron chi connectivity index (χ1n) is 23.9. The first-order valence-corrected chi connectivity index (χ1v) is 23.9. The minimum atomic E-state index is 0.122. The third kappa shape index (κ3) is 36.6. The SMILES string of the molecule is CCCCCCCCOC(CCCC)=C(COCOCOCC(OCCCCCCCC)=C(CCCC)OCCCCCCCC)OCCCCCCCC. The van der Waals surface area contributed by atoms with Gasteiger partial charge in [-0.25, -0.2) is 0 Å². The van der Waals surface area contributed by atoms with E-state index in [0.717, 1.165) is 100 Å². The van der Waals surface area contributed by atoms with Crippen LogP contribution in [0.1, 0.15) is 234 Å². The van der Waals surface area contributed by atoms with Gasteiger partial charge in [-0.05, 0) is 38.5 Å². The van der Waals surface area contributed by atoms with Gasteiger partial charge in [0.1, 0.15) is 38.3 Å². The smallest absolute Gasteiger partial charge is 0.159 e. The Bertz CT molecular complexity index is 761. The van der Waals surface area contributed by atoms with Crippen LogP contribution < -0.4 is 0 Å². The first kappa shape index (κ1) is 53.6. The maximum absolute atomic E-state index is 6.40. The van der Waals surface area contributed by atoms with Crippen LogP contribution in [0.4, 0.5) is 0 Å². The molecule has 0 radical (unpaired) electrons. The maximum atomic E-state index is 6.40. The predicted octanol–water partition coefficient (Wildman–Crippen LogP) is 15.3. The zero-order valence-electron chi connectivity index (χ0n) is 37.7. The van der Waals surface area contributed by atoms with Crippen LogP contribution >= 0.6 is 0 Å². The fourth-order valence-electron chi connectivity index (χ4n) is 6.40. The maximum Gasteiger partial charge on any atom is 0.159 e. The van der Waals surface area contributed by atoms with E-state index in [2.05, 4.69) is 41.5 Å². The van der Waals surface area contributed by atoms with Crippen molar-refractivity contribution in [1.82, 2.24) is 0 Å². The Morgan fingerprint density at radius 2 is 0.509 bits per heavy atom. The fourth-order valence-corrected chi connectivity index (χ4v) is 6.40. The molecule has 0 aromatic heterocycles. The Kier molecular flexibility index (Phi) is 44.1. The molecule has 55 heavy (non-hydrogen) atoms. The van der Waals surface area contributed by atoms with E-state index < -0.39 is 0 Å². The summed E-state index contributed by atoms with van der Waals surface area (Å²) in [6, 6.07) is 0. The van der Waals surface area contributed by atoms with Gasteiger partial charge in [0.25, 0.3) is 0 Å². The molecule has 0 aliphatic heterocycles. The van der Waals surface area contributed by atoms with E-state index in [0.29, 0.717) is 26.4 Å². The summed E-state index contributed by atoms with van der Waals surface area (Å²) in [6.45, 7) is 17.3. The second-order valence-corrected chi connectivity index (χ2v) is 15.5. The molecule has 7 heteroatoms. The summed E-state index contributed by atoms with van der Waals surface area (Å²) < 4.78 is 43.4. The molecule has 0 bridgehead atoms. The number of hydrogen-bond donors (Lipinski definition) is 0. The molecule has 0 amide bonds. The Morgan fingerprint density at radius 3 is 0.800 bits per heavy atom. The van der Waals surface area contributed by atoms with Crippen molar-refractivity contribution in [3.05, 3.63) is 23.0 Å². The van der Waals surface area contributed by atoms with E-state index in [1.54, 1.807) is 0 Å². The standard InChI is InChI=1S/C48H94O7/c1-7-13-19-23-27-31-37-52-45(35-17-11-5)47(54-39-33-29-25-21-15-9-3)41-49-43-51-44-50-42-48(55-40-34-30-26-22-16-10-4)46(36-18-12-6)53-38-32-28-24-20-14-8-2/h7-44H2,1-6H3. The summed E-state index contributed by atoms with van der Waals surface area (Å²) in [6.07, 6.45) is 35.9. The molecule has 0 aromatic carbocycles. The summed E-state index contributed by atoms with van der Waals surface area (Å²) in [7, 11) is 0. The highest BCUT2D eigenvalue weighted by Crippen LogP contribution is 2.20. The van der Waals surface area contributed by atoms with Crippen molar-refractivity contribution in [1.29, 1.82) is 0 Å². The number of hydrogen-bond acceptors (Lipinski definition) is 7. The Balaban J connectivity index is 5.27. The highest BCUT2D eigenvalue weighted by atomic mass is 16.7. The summed E-state index contributed by atoms with van der Waals surface area (Å²) in [4.78, 5) is 0. The van der Waals surface area contributed by atoms with Gasteiger partial charge in [0.05, 0.1) is 26.4 Å². The normalized spacial score (nSPS) is 12.5. The number of rotatable bonds is 46. The summed E-state index contributed by atoms with van der Waals surface area (Å²) >= 11 is 0. The quantitative estimate of drug-likeness (QED) is 0.0346. The molecule has 328 valence electrons. The van der Waals surface area contributed by atoms with Gasteiger partial charge >= 0.3 is 0 Å². The average Bonchev–Trinajstić information content (AvgIpc) is 3.20. The summed E-state index contributed by atoms with van der Waals surface area (Å²) in [5.74, 6) is 3.56. The van der Waals surface area contributed by atoms with Crippen LogP contribution in [-0.4, -0.2) is 53.2 Å². The highest BCUT2D eigenvalue weighted by molar-refractivity contribution is 5.03. The lowest BCUT2D eigenvalue weighted by Crippen LogP contribution is -2.14. The second kappa shape index (κ2) is 45.3. The molecule has 0 rings (SSSR count). The van der Waals surface area contributed by atoms with Crippen molar-refractivity contribution in [3.8, 4) is 0 Å². The van der Waals surface area contributed by atoms with Crippen molar-refractivity contribution in [2.24, 2.45) is 0 Å². The molecule has 0 fully saturated rings. The van der Waals surface area contributed by atoms with E-state index in [1.807, 2.05) is 0 Å². The van der Waals surface area contributed by atoms with Crippen molar-refractivity contribution in [3.63, 3.8) is 0 Å². The summed E-state index contributed by atoms with van der Waals surface area (Å²) in [5.41, 5.74) is 0. The zero-order chi connectivity index (χ0) is 40.1. The molecule has 0 aromatic rings. The van der Waals surface area contributed by atoms with Crippen molar-refractivity contribution in [2.75, 3.05) is 53.2 Å². The van der Waals surface area contributed by atoms with Gasteiger partial charge in [0.2, 0.25) is 0 Å². The van der Waals surface area contributed by atoms with Gasteiger partial charge in [-0.15, -0.1) is 0 Å². The Hall–Kier alpha value is -1.44. The number of unbranched alkanes of at least 4 members (excludes halogenated alkanes) is 22. The summed E-state index contributed by atoms with van der Waals surface area (Å²) in [5, 5.41) is 0. The topological polar surface area (TPSA) is 64.6 Å². The molecule has 0 heterocycles. The average molecular weight is 783 g/mol. The molecule has 0 saturated carbocycles. The van der Waals surface area contributed by atoms with Gasteiger partial charge in [-0.2, -0.15) is 0 Å². The Morgan fingerprint density at radius 1 is 0.255 bits per heavy atom. The second-order valence-electron chi connectivity index (χ2n) is 15.5. The molecule has 0 N–H and O–H groups in total. The van der Waals surface area contributed by atoms with Gasteiger partial charge in [-0.1, -0.05) is 183 Å². The first-order chi connectivity index (χ1) is 27.2. The molecule has 0 unspecified atom stereocenters. The van der Waals surface area contributed by atoms with E-state index >= 15 is 0 Å². The van der Waals surface area contributed by atoms with Crippen LogP contribution in [0.3, 0.4) is 0 Å². The van der Waals surface area contributed by atoms with E-state index in [4.69, 9.17) is 33.2 Å². The van der Waals surface area contributed by atoms with Crippen LogP contribution in [0.5, 0.6) is 0 Å². The largest absolute Gasteiger partial charge is 0.494 e. The van der Waals surface area contributed by atoms with Crippen molar-refractivity contribution < 1.29 is 33.2 Å². The third-order valence-corrected chi connectivity index (χ3v) is 10.0. The van der Waals surface area contributed by atoms with Gasteiger partial charge in [0.15, 0.2) is 11.5 Å². The van der Waals surface area contributed by atoms with Gasteiger partial charge in [0, 0.05) is 12.8 Å². The van der Waals surface area contributed by atoms with Gasteiger partial charge in [-0.3, -0.25) is 0 Å². The predicted molar refractivity (Wildman–Crippen MR) is 233 cm³/mol. The molecule has 7 nitrogen and oxygen atoms in total. The molecule has 0 spiro atoms. The zero-order valence-corrected chi connectivity index (χ0v) is 37.7. The monoisotopic (exact) mass is 783 g/mol. The number of ether oxygens (including phenoxy) is 7. The lowest BCUT2D eigenvalue weighted by molar-refractivity contribution is -0.132. The van der Waals surface area contributed by atoms with E-state index in [1.165, 1.54) is 128 Å². The lowest BCUT2D eigenvalue weighted by atomic mass is 10.1. The van der Waals surface area contributed by atoms with Crippen molar-refractivity contribution >= 4 is 0 Å². The van der Waals surface area contributed by atoms with Crippen LogP contribution in [-0.2, 0) is 33.2 Å².